The molecule has 0 saturated heterocycles. The molecule has 0 aliphatic heterocycles. The molecule has 0 radical (unpaired) electrons. The fraction of sp³-hybridized carbons (Fsp3) is 0.167. The highest BCUT2D eigenvalue weighted by Crippen LogP contribution is 2.21. The van der Waals surface area contributed by atoms with E-state index in [9.17, 15) is 4.79 Å². The SMILES string of the molecule is Cc1[nH]nc(NC(=O)c2cc(Cl)cc(Br)c2)c1C. The predicted molar refractivity (Wildman–Crippen MR) is 75.2 cm³/mol. The smallest absolute Gasteiger partial charge is 0.256 e. The van der Waals surface area contributed by atoms with Crippen LogP contribution >= 0.6 is 27.5 Å². The van der Waals surface area contributed by atoms with Gasteiger partial charge in [-0.3, -0.25) is 9.89 Å². The number of nitrogens with one attached hydrogen (secondary N) is 2. The highest BCUT2D eigenvalue weighted by molar-refractivity contribution is 9.10. The number of carbonyl (C=O) groups excluding carboxylic acids is 1. The zero-order valence-electron chi connectivity index (χ0n) is 9.84. The van der Waals surface area contributed by atoms with Crippen molar-refractivity contribution in [2.45, 2.75) is 13.8 Å². The van der Waals surface area contributed by atoms with Crippen molar-refractivity contribution in [1.82, 2.24) is 10.2 Å². The van der Waals surface area contributed by atoms with Gasteiger partial charge in [-0.1, -0.05) is 27.5 Å². The van der Waals surface area contributed by atoms with Gasteiger partial charge >= 0.3 is 0 Å². The Hall–Kier alpha value is -1.33. The Morgan fingerprint density at radius 2 is 2.11 bits per heavy atom. The zero-order chi connectivity index (χ0) is 13.3. The Morgan fingerprint density at radius 1 is 1.39 bits per heavy atom. The maximum Gasteiger partial charge on any atom is 0.256 e. The summed E-state index contributed by atoms with van der Waals surface area (Å²) < 4.78 is 0.759. The topological polar surface area (TPSA) is 57.8 Å². The van der Waals surface area contributed by atoms with Crippen LogP contribution < -0.4 is 5.32 Å². The molecule has 1 aromatic carbocycles. The summed E-state index contributed by atoms with van der Waals surface area (Å²) in [6, 6.07) is 5.04. The fourth-order valence-electron chi connectivity index (χ4n) is 1.47. The standard InChI is InChI=1S/C12H11BrClN3O/c1-6-7(2)16-17-11(6)15-12(18)8-3-9(13)5-10(14)4-8/h3-5H,1-2H3,(H2,15,16,17,18). The molecular formula is C12H11BrClN3O. The van der Waals surface area contributed by atoms with E-state index >= 15 is 0 Å². The monoisotopic (exact) mass is 327 g/mol. The van der Waals surface area contributed by atoms with Gasteiger partial charge in [-0.25, -0.2) is 0 Å². The van der Waals surface area contributed by atoms with Gasteiger partial charge in [-0.15, -0.1) is 0 Å². The number of nitrogens with zero attached hydrogens (tertiary/aromatic N) is 1. The molecule has 1 heterocycles. The van der Waals surface area contributed by atoms with Crippen LogP contribution in [-0.4, -0.2) is 16.1 Å². The lowest BCUT2D eigenvalue weighted by molar-refractivity contribution is 0.102. The molecule has 2 N–H and O–H groups in total. The number of aryl methyl sites for hydroxylation is 1. The van der Waals surface area contributed by atoms with Gasteiger partial charge in [-0.05, 0) is 32.0 Å². The molecule has 94 valence electrons. The predicted octanol–water partition coefficient (Wildman–Crippen LogP) is 3.69. The first-order valence-electron chi connectivity index (χ1n) is 5.26. The number of aromatic nitrogens is 2. The van der Waals surface area contributed by atoms with Gasteiger partial charge in [0.2, 0.25) is 0 Å². The Kier molecular flexibility index (Phi) is 3.73. The van der Waals surface area contributed by atoms with Crippen LogP contribution in [0.15, 0.2) is 22.7 Å². The van der Waals surface area contributed by atoms with Crippen molar-refractivity contribution in [2.75, 3.05) is 5.32 Å². The number of H-pyrrole nitrogens is 1. The highest BCUT2D eigenvalue weighted by atomic mass is 79.9. The lowest BCUT2D eigenvalue weighted by Crippen LogP contribution is -2.13. The van der Waals surface area contributed by atoms with E-state index in [-0.39, 0.29) is 5.91 Å². The van der Waals surface area contributed by atoms with Gasteiger partial charge in [0.1, 0.15) is 0 Å². The summed E-state index contributed by atoms with van der Waals surface area (Å²) in [6.07, 6.45) is 0. The van der Waals surface area contributed by atoms with Crippen molar-refractivity contribution in [3.8, 4) is 0 Å². The zero-order valence-corrected chi connectivity index (χ0v) is 12.2. The molecular weight excluding hydrogens is 318 g/mol. The van der Waals surface area contributed by atoms with Crippen molar-refractivity contribution < 1.29 is 4.79 Å². The van der Waals surface area contributed by atoms with Crippen LogP contribution in [0.5, 0.6) is 0 Å². The summed E-state index contributed by atoms with van der Waals surface area (Å²) in [4.78, 5) is 12.0. The Balaban J connectivity index is 2.24. The number of hydrogen-bond acceptors (Lipinski definition) is 2. The lowest BCUT2D eigenvalue weighted by Gasteiger charge is -2.04. The fourth-order valence-corrected chi connectivity index (χ4v) is 2.33. The van der Waals surface area contributed by atoms with Gasteiger partial charge in [0.05, 0.1) is 0 Å². The summed E-state index contributed by atoms with van der Waals surface area (Å²) in [5.74, 6) is 0.293. The number of benzene rings is 1. The molecule has 0 atom stereocenters. The molecule has 2 aromatic rings. The summed E-state index contributed by atoms with van der Waals surface area (Å²) >= 11 is 9.20. The quantitative estimate of drug-likeness (QED) is 0.883. The second-order valence-electron chi connectivity index (χ2n) is 3.93. The van der Waals surface area contributed by atoms with Crippen LogP contribution in [0.4, 0.5) is 5.82 Å². The molecule has 2 rings (SSSR count). The van der Waals surface area contributed by atoms with E-state index < -0.39 is 0 Å². The second kappa shape index (κ2) is 5.12. The molecule has 18 heavy (non-hydrogen) atoms. The van der Waals surface area contributed by atoms with Crippen molar-refractivity contribution in [2.24, 2.45) is 0 Å². The molecule has 0 aliphatic carbocycles. The summed E-state index contributed by atoms with van der Waals surface area (Å²) in [7, 11) is 0. The van der Waals surface area contributed by atoms with Crippen molar-refractivity contribution in [3.05, 3.63) is 44.5 Å². The van der Waals surface area contributed by atoms with Crippen LogP contribution in [0, 0.1) is 13.8 Å². The van der Waals surface area contributed by atoms with Crippen LogP contribution in [0.1, 0.15) is 21.6 Å². The molecule has 0 bridgehead atoms. The van der Waals surface area contributed by atoms with Gasteiger partial charge in [-0.2, -0.15) is 5.10 Å². The number of amides is 1. The maximum absolute atomic E-state index is 12.0. The van der Waals surface area contributed by atoms with E-state index in [2.05, 4.69) is 31.4 Å². The van der Waals surface area contributed by atoms with E-state index in [0.717, 1.165) is 15.7 Å². The molecule has 1 aromatic heterocycles. The molecule has 0 fully saturated rings. The maximum atomic E-state index is 12.0. The highest BCUT2D eigenvalue weighted by Gasteiger charge is 2.12. The van der Waals surface area contributed by atoms with E-state index in [1.165, 1.54) is 0 Å². The molecule has 6 heteroatoms. The first-order chi connectivity index (χ1) is 8.47. The first kappa shape index (κ1) is 13.1. The number of carbonyl (C=O) groups is 1. The molecule has 1 amide bonds. The molecule has 0 spiro atoms. The Bertz CT molecular complexity index is 589. The molecule has 4 nitrogen and oxygen atoms in total. The van der Waals surface area contributed by atoms with Crippen LogP contribution in [-0.2, 0) is 0 Å². The third-order valence-electron chi connectivity index (χ3n) is 2.61. The average Bonchev–Trinajstić information content (AvgIpc) is 2.59. The normalized spacial score (nSPS) is 10.4. The lowest BCUT2D eigenvalue weighted by atomic mass is 10.2. The number of aromatic amines is 1. The molecule has 0 unspecified atom stereocenters. The molecule has 0 saturated carbocycles. The summed E-state index contributed by atoms with van der Waals surface area (Å²) in [5.41, 5.74) is 2.33. The second-order valence-corrected chi connectivity index (χ2v) is 5.29. The van der Waals surface area contributed by atoms with Gasteiger partial charge < -0.3 is 5.32 Å². The van der Waals surface area contributed by atoms with Crippen molar-refractivity contribution in [3.63, 3.8) is 0 Å². The minimum Gasteiger partial charge on any atom is -0.305 e. The van der Waals surface area contributed by atoms with E-state index in [4.69, 9.17) is 11.6 Å². The number of hydrogen-bond donors (Lipinski definition) is 2. The summed E-state index contributed by atoms with van der Waals surface area (Å²) in [6.45, 7) is 3.79. The average molecular weight is 329 g/mol. The van der Waals surface area contributed by atoms with Crippen LogP contribution in [0.3, 0.4) is 0 Å². The minimum absolute atomic E-state index is 0.243. The third-order valence-corrected chi connectivity index (χ3v) is 3.29. The Labute approximate surface area is 118 Å². The van der Waals surface area contributed by atoms with E-state index in [1.807, 2.05) is 13.8 Å². The van der Waals surface area contributed by atoms with Gasteiger partial charge in [0.25, 0.3) is 5.91 Å². The number of rotatable bonds is 2. The molecule has 0 aliphatic rings. The number of halogens is 2. The first-order valence-corrected chi connectivity index (χ1v) is 6.43. The van der Waals surface area contributed by atoms with Crippen LogP contribution in [0.2, 0.25) is 5.02 Å². The van der Waals surface area contributed by atoms with Crippen molar-refractivity contribution in [1.29, 1.82) is 0 Å². The van der Waals surface area contributed by atoms with E-state index in [1.54, 1.807) is 18.2 Å². The minimum atomic E-state index is -0.243. The largest absolute Gasteiger partial charge is 0.305 e. The van der Waals surface area contributed by atoms with Gasteiger partial charge in [0, 0.05) is 26.3 Å². The van der Waals surface area contributed by atoms with Crippen molar-refractivity contribution >= 4 is 39.3 Å². The third kappa shape index (κ3) is 2.73. The van der Waals surface area contributed by atoms with E-state index in [0.29, 0.717) is 16.4 Å². The van der Waals surface area contributed by atoms with Crippen LogP contribution in [0.25, 0.3) is 0 Å². The number of anilines is 1. The Morgan fingerprint density at radius 3 is 2.67 bits per heavy atom. The van der Waals surface area contributed by atoms with Gasteiger partial charge in [0.15, 0.2) is 5.82 Å². The summed E-state index contributed by atoms with van der Waals surface area (Å²) in [5, 5.41) is 10.1.